The third-order valence-corrected chi connectivity index (χ3v) is 5.74. The smallest absolute Gasteiger partial charge is 0.0162 e. The van der Waals surface area contributed by atoms with E-state index in [0.717, 1.165) is 18.3 Å². The Labute approximate surface area is 163 Å². The maximum Gasteiger partial charge on any atom is -0.0162 e. The molecule has 0 spiro atoms. The highest BCUT2D eigenvalue weighted by molar-refractivity contribution is 5.33. The normalized spacial score (nSPS) is 14.8. The predicted octanol–water partition coefficient (Wildman–Crippen LogP) is 8.26. The zero-order chi connectivity index (χ0) is 19.5. The Kier molecular flexibility index (Phi) is 10.6. The Hall–Kier alpha value is -1.30. The molecule has 0 N–H and O–H groups in total. The molecule has 26 heavy (non-hydrogen) atoms. The zero-order valence-electron chi connectivity index (χ0n) is 18.1. The molecule has 1 aromatic rings. The molecule has 0 nitrogen and oxygen atoms in total. The molecule has 0 radical (unpaired) electrons. The minimum Gasteiger partial charge on any atom is -0.103 e. The van der Waals surface area contributed by atoms with Gasteiger partial charge in [0, 0.05) is 0 Å². The summed E-state index contributed by atoms with van der Waals surface area (Å²) in [6.07, 6.45) is 12.7. The van der Waals surface area contributed by atoms with Gasteiger partial charge in [0.15, 0.2) is 0 Å². The molecular weight excluding hydrogens is 312 g/mol. The number of hydrogen-bond donors (Lipinski definition) is 0. The van der Waals surface area contributed by atoms with Crippen LogP contribution < -0.4 is 0 Å². The van der Waals surface area contributed by atoms with Crippen molar-refractivity contribution in [2.75, 3.05) is 0 Å². The summed E-state index contributed by atoms with van der Waals surface area (Å²) in [6.45, 7) is 19.5. The largest absolute Gasteiger partial charge is 0.103 e. The Bertz CT molecular complexity index is 537. The van der Waals surface area contributed by atoms with E-state index in [1.807, 2.05) is 6.08 Å². The van der Waals surface area contributed by atoms with E-state index in [4.69, 9.17) is 0 Å². The lowest BCUT2D eigenvalue weighted by Gasteiger charge is -2.20. The highest BCUT2D eigenvalue weighted by Crippen LogP contribution is 2.29. The van der Waals surface area contributed by atoms with E-state index in [2.05, 4.69) is 72.1 Å². The van der Waals surface area contributed by atoms with Gasteiger partial charge in [0.25, 0.3) is 0 Å². The van der Waals surface area contributed by atoms with Crippen LogP contribution in [0.1, 0.15) is 88.8 Å². The van der Waals surface area contributed by atoms with E-state index in [9.17, 15) is 0 Å². The van der Waals surface area contributed by atoms with Crippen LogP contribution in [0.2, 0.25) is 0 Å². The van der Waals surface area contributed by atoms with Crippen LogP contribution >= 0.6 is 0 Å². The fraction of sp³-hybridized carbons (Fsp3) is 0.615. The third-order valence-electron chi connectivity index (χ3n) is 5.74. The van der Waals surface area contributed by atoms with Gasteiger partial charge in [0.2, 0.25) is 0 Å². The molecule has 0 heteroatoms. The molecule has 1 aromatic carbocycles. The molecule has 0 saturated heterocycles. The van der Waals surface area contributed by atoms with Crippen molar-refractivity contribution < 1.29 is 0 Å². The van der Waals surface area contributed by atoms with Crippen molar-refractivity contribution in [1.29, 1.82) is 0 Å². The van der Waals surface area contributed by atoms with Gasteiger partial charge in [-0.05, 0) is 85.8 Å². The van der Waals surface area contributed by atoms with Crippen molar-refractivity contribution in [1.82, 2.24) is 0 Å². The molecule has 0 aliphatic heterocycles. The van der Waals surface area contributed by atoms with Gasteiger partial charge in [-0.2, -0.15) is 0 Å². The van der Waals surface area contributed by atoms with Crippen molar-refractivity contribution in [2.24, 2.45) is 17.8 Å². The second kappa shape index (κ2) is 12.2. The number of rotatable bonds is 13. The molecule has 0 aliphatic carbocycles. The van der Waals surface area contributed by atoms with Gasteiger partial charge in [-0.1, -0.05) is 64.5 Å². The average Bonchev–Trinajstić information content (AvgIpc) is 2.60. The Morgan fingerprint density at radius 3 is 2.35 bits per heavy atom. The van der Waals surface area contributed by atoms with Crippen LogP contribution in [-0.2, 0) is 6.42 Å². The van der Waals surface area contributed by atoms with Crippen LogP contribution in [0.3, 0.4) is 0 Å². The van der Waals surface area contributed by atoms with Crippen LogP contribution in [0.15, 0.2) is 43.5 Å². The summed E-state index contributed by atoms with van der Waals surface area (Å²) in [4.78, 5) is 0. The van der Waals surface area contributed by atoms with Crippen molar-refractivity contribution in [3.05, 3.63) is 60.2 Å². The van der Waals surface area contributed by atoms with Crippen LogP contribution in [0, 0.1) is 24.7 Å². The van der Waals surface area contributed by atoms with Crippen molar-refractivity contribution in [3.8, 4) is 0 Å². The van der Waals surface area contributed by atoms with Crippen LogP contribution in [-0.4, -0.2) is 0 Å². The Morgan fingerprint density at radius 2 is 1.81 bits per heavy atom. The van der Waals surface area contributed by atoms with E-state index in [-0.39, 0.29) is 0 Å². The third kappa shape index (κ3) is 7.94. The zero-order valence-corrected chi connectivity index (χ0v) is 18.1. The molecule has 3 atom stereocenters. The maximum absolute atomic E-state index is 3.97. The molecule has 0 aromatic heterocycles. The Balaban J connectivity index is 2.55. The van der Waals surface area contributed by atoms with Crippen LogP contribution in [0.4, 0.5) is 0 Å². The second-order valence-corrected chi connectivity index (χ2v) is 8.67. The quantitative estimate of drug-likeness (QED) is 0.313. The first-order valence-electron chi connectivity index (χ1n) is 10.7. The topological polar surface area (TPSA) is 0 Å². The molecule has 0 fully saturated rings. The van der Waals surface area contributed by atoms with E-state index in [1.165, 1.54) is 55.2 Å². The first kappa shape index (κ1) is 22.7. The summed E-state index contributed by atoms with van der Waals surface area (Å²) in [5.74, 6) is 2.83. The van der Waals surface area contributed by atoms with E-state index >= 15 is 0 Å². The summed E-state index contributed by atoms with van der Waals surface area (Å²) in [6, 6.07) is 7.23. The number of allylic oxidation sites excluding steroid dienone is 2. The highest BCUT2D eigenvalue weighted by atomic mass is 14.2. The van der Waals surface area contributed by atoms with Crippen LogP contribution in [0.25, 0.3) is 0 Å². The molecule has 0 heterocycles. The lowest BCUT2D eigenvalue weighted by molar-refractivity contribution is 0.413. The number of hydrogen-bond acceptors (Lipinski definition) is 0. The molecule has 0 amide bonds. The highest BCUT2D eigenvalue weighted by Gasteiger charge is 2.13. The van der Waals surface area contributed by atoms with E-state index in [0.29, 0.717) is 11.8 Å². The fourth-order valence-corrected chi connectivity index (χ4v) is 4.14. The lowest BCUT2D eigenvalue weighted by Crippen LogP contribution is -2.05. The molecule has 0 bridgehead atoms. The standard InChI is InChI=1S/C26H42/c1-8-12-23(9-2)18-21(6)13-11-14-25-15-16-26(19-22(25)7)24(10-3)17-20(4)5/h8-9,15-16,19-21,23-24H,1-2,10-14,17-18H2,3-7H3. The summed E-state index contributed by atoms with van der Waals surface area (Å²) in [7, 11) is 0. The molecule has 146 valence electrons. The van der Waals surface area contributed by atoms with Gasteiger partial charge in [0.1, 0.15) is 0 Å². The van der Waals surface area contributed by atoms with Gasteiger partial charge in [-0.3, -0.25) is 0 Å². The van der Waals surface area contributed by atoms with E-state index < -0.39 is 0 Å². The van der Waals surface area contributed by atoms with Gasteiger partial charge in [-0.15, -0.1) is 13.2 Å². The van der Waals surface area contributed by atoms with Crippen molar-refractivity contribution in [2.45, 2.75) is 85.5 Å². The first-order chi connectivity index (χ1) is 12.4. The predicted molar refractivity (Wildman–Crippen MR) is 119 cm³/mol. The molecule has 0 aliphatic rings. The monoisotopic (exact) mass is 354 g/mol. The summed E-state index contributed by atoms with van der Waals surface area (Å²) in [5, 5.41) is 0. The second-order valence-electron chi connectivity index (χ2n) is 8.67. The van der Waals surface area contributed by atoms with Crippen LogP contribution in [0.5, 0.6) is 0 Å². The lowest BCUT2D eigenvalue weighted by atomic mass is 9.86. The SMILES string of the molecule is C=CCC(C=C)CC(C)CCCc1ccc(C(CC)CC(C)C)cc1C. The molecule has 1 rings (SSSR count). The molecule has 3 unspecified atom stereocenters. The van der Waals surface area contributed by atoms with Gasteiger partial charge >= 0.3 is 0 Å². The average molecular weight is 355 g/mol. The summed E-state index contributed by atoms with van der Waals surface area (Å²) < 4.78 is 0. The Morgan fingerprint density at radius 1 is 1.08 bits per heavy atom. The summed E-state index contributed by atoms with van der Waals surface area (Å²) >= 11 is 0. The number of aryl methyl sites for hydroxylation is 2. The van der Waals surface area contributed by atoms with Crippen molar-refractivity contribution in [3.63, 3.8) is 0 Å². The van der Waals surface area contributed by atoms with Gasteiger partial charge in [0.05, 0.1) is 0 Å². The minimum atomic E-state index is 0.593. The first-order valence-corrected chi connectivity index (χ1v) is 10.7. The molecular formula is C26H42. The van der Waals surface area contributed by atoms with Gasteiger partial charge < -0.3 is 0 Å². The van der Waals surface area contributed by atoms with Gasteiger partial charge in [-0.25, -0.2) is 0 Å². The number of benzene rings is 1. The van der Waals surface area contributed by atoms with Crippen molar-refractivity contribution >= 4 is 0 Å². The minimum absolute atomic E-state index is 0.593. The fourth-order valence-electron chi connectivity index (χ4n) is 4.14. The van der Waals surface area contributed by atoms with E-state index in [1.54, 1.807) is 0 Å². The summed E-state index contributed by atoms with van der Waals surface area (Å²) in [5.41, 5.74) is 4.55. The maximum atomic E-state index is 3.97. The molecule has 0 saturated carbocycles.